The molecular weight excluding hydrogens is 310 g/mol. The van der Waals surface area contributed by atoms with Gasteiger partial charge in [-0.25, -0.2) is 0 Å². The molecule has 0 aromatic heterocycles. The van der Waals surface area contributed by atoms with Gasteiger partial charge < -0.3 is 9.47 Å². The molecule has 3 nitrogen and oxygen atoms in total. The molecule has 1 unspecified atom stereocenters. The van der Waals surface area contributed by atoms with E-state index in [-0.39, 0.29) is 5.60 Å². The molecule has 23 heavy (non-hydrogen) atoms. The predicted molar refractivity (Wildman–Crippen MR) is 93.5 cm³/mol. The van der Waals surface area contributed by atoms with E-state index in [0.717, 1.165) is 37.6 Å². The number of nitrogens with zero attached hydrogens (tertiary/aromatic N) is 1. The Morgan fingerprint density at radius 2 is 1.83 bits per heavy atom. The summed E-state index contributed by atoms with van der Waals surface area (Å²) >= 11 is 6.19. The normalized spacial score (nSPS) is 21.3. The highest BCUT2D eigenvalue weighted by Crippen LogP contribution is 2.31. The van der Waals surface area contributed by atoms with E-state index in [1.54, 1.807) is 0 Å². The second-order valence-corrected chi connectivity index (χ2v) is 6.58. The summed E-state index contributed by atoms with van der Waals surface area (Å²) in [4.78, 5) is 2.37. The van der Waals surface area contributed by atoms with Crippen LogP contribution in [0.4, 0.5) is 0 Å². The van der Waals surface area contributed by atoms with Crippen molar-refractivity contribution in [3.05, 3.63) is 59.6 Å². The molecular formula is C19H22ClNO2. The third kappa shape index (κ3) is 4.40. The maximum absolute atomic E-state index is 6.19. The molecule has 0 N–H and O–H groups in total. The van der Waals surface area contributed by atoms with Crippen LogP contribution in [0, 0.1) is 0 Å². The van der Waals surface area contributed by atoms with Crippen molar-refractivity contribution >= 4 is 11.6 Å². The largest absolute Gasteiger partial charge is 0.492 e. The second kappa shape index (κ2) is 7.24. The zero-order valence-electron chi connectivity index (χ0n) is 13.4. The Bertz CT molecular complexity index is 634. The molecule has 4 heteroatoms. The highest BCUT2D eigenvalue weighted by molar-refractivity contribution is 6.32. The van der Waals surface area contributed by atoms with Gasteiger partial charge in [0.1, 0.15) is 23.7 Å². The first kappa shape index (κ1) is 16.2. The van der Waals surface area contributed by atoms with Crippen molar-refractivity contribution in [2.75, 3.05) is 26.2 Å². The lowest BCUT2D eigenvalue weighted by atomic mass is 10.1. The molecule has 1 aliphatic heterocycles. The van der Waals surface area contributed by atoms with Crippen LogP contribution in [0.15, 0.2) is 54.6 Å². The van der Waals surface area contributed by atoms with Crippen molar-refractivity contribution in [1.82, 2.24) is 4.90 Å². The zero-order chi connectivity index (χ0) is 16.1. The van der Waals surface area contributed by atoms with E-state index in [1.807, 2.05) is 54.6 Å². The van der Waals surface area contributed by atoms with Gasteiger partial charge in [-0.2, -0.15) is 0 Å². The third-order valence-electron chi connectivity index (χ3n) is 4.13. The summed E-state index contributed by atoms with van der Waals surface area (Å²) in [5, 5.41) is 0.666. The average molecular weight is 332 g/mol. The number of benzene rings is 2. The van der Waals surface area contributed by atoms with Gasteiger partial charge in [0.25, 0.3) is 0 Å². The first-order valence-electron chi connectivity index (χ1n) is 7.98. The van der Waals surface area contributed by atoms with Crippen molar-refractivity contribution < 1.29 is 9.47 Å². The third-order valence-corrected chi connectivity index (χ3v) is 4.44. The van der Waals surface area contributed by atoms with Gasteiger partial charge in [-0.05, 0) is 31.2 Å². The summed E-state index contributed by atoms with van der Waals surface area (Å²) < 4.78 is 11.9. The molecule has 1 aliphatic rings. The molecule has 1 saturated heterocycles. The molecule has 122 valence electrons. The van der Waals surface area contributed by atoms with Gasteiger partial charge in [-0.1, -0.05) is 41.9 Å². The molecule has 3 rings (SSSR count). The molecule has 0 saturated carbocycles. The van der Waals surface area contributed by atoms with Gasteiger partial charge in [0.2, 0.25) is 0 Å². The van der Waals surface area contributed by atoms with Crippen molar-refractivity contribution in [1.29, 1.82) is 0 Å². The van der Waals surface area contributed by atoms with Crippen LogP contribution in [0.3, 0.4) is 0 Å². The summed E-state index contributed by atoms with van der Waals surface area (Å²) in [5.41, 5.74) is -0.197. The van der Waals surface area contributed by atoms with Crippen molar-refractivity contribution in [2.45, 2.75) is 18.9 Å². The summed E-state index contributed by atoms with van der Waals surface area (Å²) in [7, 11) is 0. The summed E-state index contributed by atoms with van der Waals surface area (Å²) in [5.74, 6) is 1.68. The Balaban J connectivity index is 1.48. The lowest BCUT2D eigenvalue weighted by molar-refractivity contribution is 0.0936. The number of hydrogen-bond donors (Lipinski definition) is 0. The fraction of sp³-hybridized carbons (Fsp3) is 0.368. The van der Waals surface area contributed by atoms with Crippen LogP contribution in [0.5, 0.6) is 11.5 Å². The standard InChI is InChI=1S/C19H22ClNO2/c1-19(23-18-10-6-5-9-17(18)20)11-12-21(15-19)13-14-22-16-7-3-2-4-8-16/h2-10H,11-15H2,1H3. The van der Waals surface area contributed by atoms with Crippen LogP contribution < -0.4 is 9.47 Å². The molecule has 0 amide bonds. The van der Waals surface area contributed by atoms with Gasteiger partial charge >= 0.3 is 0 Å². The first-order chi connectivity index (χ1) is 11.1. The van der Waals surface area contributed by atoms with Gasteiger partial charge in [-0.3, -0.25) is 4.90 Å². The Morgan fingerprint density at radius 1 is 1.09 bits per heavy atom. The molecule has 1 heterocycles. The average Bonchev–Trinajstić information content (AvgIpc) is 2.92. The van der Waals surface area contributed by atoms with Crippen molar-refractivity contribution in [3.8, 4) is 11.5 Å². The monoisotopic (exact) mass is 331 g/mol. The number of rotatable bonds is 6. The molecule has 0 radical (unpaired) electrons. The fourth-order valence-corrected chi connectivity index (χ4v) is 3.08. The molecule has 0 spiro atoms. The Hall–Kier alpha value is -1.71. The molecule has 0 bridgehead atoms. The molecule has 2 aromatic carbocycles. The number of halogens is 1. The Labute approximate surface area is 142 Å². The van der Waals surface area contributed by atoms with E-state index in [0.29, 0.717) is 11.6 Å². The minimum atomic E-state index is -0.197. The van der Waals surface area contributed by atoms with E-state index < -0.39 is 0 Å². The Morgan fingerprint density at radius 3 is 2.61 bits per heavy atom. The molecule has 1 atom stereocenters. The number of likely N-dealkylation sites (tertiary alicyclic amines) is 1. The van der Waals surface area contributed by atoms with Crippen molar-refractivity contribution in [3.63, 3.8) is 0 Å². The van der Waals surface area contributed by atoms with E-state index in [9.17, 15) is 0 Å². The summed E-state index contributed by atoms with van der Waals surface area (Å²) in [6.07, 6.45) is 0.990. The van der Waals surface area contributed by atoms with E-state index >= 15 is 0 Å². The van der Waals surface area contributed by atoms with Gasteiger partial charge in [0, 0.05) is 26.1 Å². The van der Waals surface area contributed by atoms with Crippen molar-refractivity contribution in [2.24, 2.45) is 0 Å². The van der Waals surface area contributed by atoms with Crippen LogP contribution in [0.2, 0.25) is 5.02 Å². The smallest absolute Gasteiger partial charge is 0.138 e. The second-order valence-electron chi connectivity index (χ2n) is 6.17. The minimum absolute atomic E-state index is 0.197. The number of ether oxygens (including phenoxy) is 2. The highest BCUT2D eigenvalue weighted by atomic mass is 35.5. The first-order valence-corrected chi connectivity index (χ1v) is 8.36. The van der Waals surface area contributed by atoms with Gasteiger partial charge in [0.15, 0.2) is 0 Å². The van der Waals surface area contributed by atoms with E-state index in [2.05, 4.69) is 11.8 Å². The summed E-state index contributed by atoms with van der Waals surface area (Å²) in [6.45, 7) is 5.63. The summed E-state index contributed by atoms with van der Waals surface area (Å²) in [6, 6.07) is 17.6. The molecule has 2 aromatic rings. The highest BCUT2D eigenvalue weighted by Gasteiger charge is 2.36. The topological polar surface area (TPSA) is 21.7 Å². The SMILES string of the molecule is CC1(Oc2ccccc2Cl)CCN(CCOc2ccccc2)C1. The molecule has 1 fully saturated rings. The van der Waals surface area contributed by atoms with Crippen LogP contribution in [-0.4, -0.2) is 36.7 Å². The number of hydrogen-bond acceptors (Lipinski definition) is 3. The predicted octanol–water partition coefficient (Wildman–Crippen LogP) is 4.26. The van der Waals surface area contributed by atoms with E-state index in [1.165, 1.54) is 0 Å². The van der Waals surface area contributed by atoms with Crippen LogP contribution in [0.1, 0.15) is 13.3 Å². The van der Waals surface area contributed by atoms with Crippen LogP contribution >= 0.6 is 11.6 Å². The number of para-hydroxylation sites is 2. The quantitative estimate of drug-likeness (QED) is 0.789. The maximum Gasteiger partial charge on any atom is 0.138 e. The maximum atomic E-state index is 6.19. The van der Waals surface area contributed by atoms with Gasteiger partial charge in [0.05, 0.1) is 5.02 Å². The molecule has 0 aliphatic carbocycles. The minimum Gasteiger partial charge on any atom is -0.492 e. The van der Waals surface area contributed by atoms with Crippen LogP contribution in [0.25, 0.3) is 0 Å². The van der Waals surface area contributed by atoms with Crippen LogP contribution in [-0.2, 0) is 0 Å². The lowest BCUT2D eigenvalue weighted by Gasteiger charge is -2.27. The fourth-order valence-electron chi connectivity index (χ4n) is 2.90. The van der Waals surface area contributed by atoms with Gasteiger partial charge in [-0.15, -0.1) is 0 Å². The lowest BCUT2D eigenvalue weighted by Crippen LogP contribution is -2.37. The Kier molecular flexibility index (Phi) is 5.09. The zero-order valence-corrected chi connectivity index (χ0v) is 14.1. The van der Waals surface area contributed by atoms with E-state index in [4.69, 9.17) is 21.1 Å².